The number of aryl methyl sites for hydroxylation is 1. The summed E-state index contributed by atoms with van der Waals surface area (Å²) < 4.78 is 0. The maximum absolute atomic E-state index is 13.0. The summed E-state index contributed by atoms with van der Waals surface area (Å²) in [5, 5.41) is 10.4. The summed E-state index contributed by atoms with van der Waals surface area (Å²) in [7, 11) is 0. The maximum atomic E-state index is 13.0. The van der Waals surface area contributed by atoms with Crippen LogP contribution in [0.3, 0.4) is 0 Å². The Kier molecular flexibility index (Phi) is 7.09. The summed E-state index contributed by atoms with van der Waals surface area (Å²) in [6.07, 6.45) is 0. The summed E-state index contributed by atoms with van der Waals surface area (Å²) in [4.78, 5) is 25.5. The van der Waals surface area contributed by atoms with E-state index in [1.165, 1.54) is 6.92 Å². The van der Waals surface area contributed by atoms with Crippen molar-refractivity contribution in [1.82, 2.24) is 0 Å². The molecular formula is C28H27N3O2S. The fourth-order valence-electron chi connectivity index (χ4n) is 3.84. The van der Waals surface area contributed by atoms with E-state index in [4.69, 9.17) is 0 Å². The van der Waals surface area contributed by atoms with Crippen LogP contribution < -0.4 is 16.0 Å². The molecule has 0 bridgehead atoms. The standard InChI is InChI=1S/C28H27N3O2S/c1-18-19(2)34-28(31-27(33)22-12-8-5-9-13-22)25(18)26(21-10-6-4-7-11-21)30-24-16-14-23(15-17-24)29-20(3)32/h4-17,26,30H,1-3H3,(H,29,32)(H,31,33)/t26-/m0/s1. The number of amides is 2. The number of thiophene rings is 1. The normalized spacial score (nSPS) is 11.5. The van der Waals surface area contributed by atoms with Crippen LogP contribution >= 0.6 is 11.3 Å². The van der Waals surface area contributed by atoms with Gasteiger partial charge in [0.2, 0.25) is 5.91 Å². The number of carbonyl (C=O) groups excluding carboxylic acids is 2. The van der Waals surface area contributed by atoms with Gasteiger partial charge in [0.05, 0.1) is 6.04 Å². The van der Waals surface area contributed by atoms with Crippen molar-refractivity contribution >= 4 is 39.5 Å². The Morgan fingerprint density at radius 2 is 1.35 bits per heavy atom. The maximum Gasteiger partial charge on any atom is 0.256 e. The third-order valence-corrected chi connectivity index (χ3v) is 6.77. The van der Waals surface area contributed by atoms with Gasteiger partial charge in [-0.1, -0.05) is 48.5 Å². The third kappa shape index (κ3) is 5.35. The number of carbonyl (C=O) groups is 2. The molecule has 0 fully saturated rings. The Labute approximate surface area is 203 Å². The Bertz CT molecular complexity index is 1280. The summed E-state index contributed by atoms with van der Waals surface area (Å²) in [6.45, 7) is 5.66. The van der Waals surface area contributed by atoms with Gasteiger partial charge in [-0.05, 0) is 61.4 Å². The number of hydrogen-bond acceptors (Lipinski definition) is 4. The van der Waals surface area contributed by atoms with E-state index in [0.29, 0.717) is 5.56 Å². The molecule has 0 spiro atoms. The minimum atomic E-state index is -0.177. The fourth-order valence-corrected chi connectivity index (χ4v) is 4.93. The van der Waals surface area contributed by atoms with Gasteiger partial charge >= 0.3 is 0 Å². The van der Waals surface area contributed by atoms with Gasteiger partial charge in [-0.15, -0.1) is 11.3 Å². The van der Waals surface area contributed by atoms with E-state index in [9.17, 15) is 9.59 Å². The van der Waals surface area contributed by atoms with Gasteiger partial charge in [0, 0.05) is 34.3 Å². The molecule has 4 aromatic rings. The first-order valence-corrected chi connectivity index (χ1v) is 11.9. The molecule has 1 aromatic heterocycles. The van der Waals surface area contributed by atoms with Crippen molar-refractivity contribution in [2.45, 2.75) is 26.8 Å². The van der Waals surface area contributed by atoms with Crippen molar-refractivity contribution in [2.24, 2.45) is 0 Å². The van der Waals surface area contributed by atoms with E-state index in [2.05, 4.69) is 41.9 Å². The molecule has 5 nitrogen and oxygen atoms in total. The lowest BCUT2D eigenvalue weighted by atomic mass is 9.96. The van der Waals surface area contributed by atoms with Crippen LogP contribution in [-0.4, -0.2) is 11.8 Å². The smallest absolute Gasteiger partial charge is 0.256 e. The molecule has 0 aliphatic rings. The molecule has 4 rings (SSSR count). The van der Waals surface area contributed by atoms with E-state index < -0.39 is 0 Å². The first-order valence-electron chi connectivity index (χ1n) is 11.1. The zero-order chi connectivity index (χ0) is 24.1. The zero-order valence-corrected chi connectivity index (χ0v) is 20.2. The highest BCUT2D eigenvalue weighted by Gasteiger charge is 2.25. The van der Waals surface area contributed by atoms with Gasteiger partial charge in [0.25, 0.3) is 5.91 Å². The van der Waals surface area contributed by atoms with Gasteiger partial charge in [0.15, 0.2) is 0 Å². The molecule has 3 aromatic carbocycles. The van der Waals surface area contributed by atoms with Crippen LogP contribution in [0.15, 0.2) is 84.9 Å². The van der Waals surface area contributed by atoms with Crippen LogP contribution in [0.1, 0.15) is 44.9 Å². The van der Waals surface area contributed by atoms with Crippen molar-refractivity contribution in [3.63, 3.8) is 0 Å². The number of anilines is 3. The van der Waals surface area contributed by atoms with Crippen molar-refractivity contribution < 1.29 is 9.59 Å². The van der Waals surface area contributed by atoms with Crippen molar-refractivity contribution in [1.29, 1.82) is 0 Å². The van der Waals surface area contributed by atoms with E-state index in [1.54, 1.807) is 11.3 Å². The van der Waals surface area contributed by atoms with E-state index in [0.717, 1.165) is 37.9 Å². The van der Waals surface area contributed by atoms with Gasteiger partial charge in [-0.3, -0.25) is 9.59 Å². The molecule has 0 aliphatic carbocycles. The Hall–Kier alpha value is -3.90. The summed E-state index contributed by atoms with van der Waals surface area (Å²) in [5.74, 6) is -0.236. The largest absolute Gasteiger partial charge is 0.374 e. The summed E-state index contributed by atoms with van der Waals surface area (Å²) >= 11 is 1.59. The second-order valence-electron chi connectivity index (χ2n) is 8.09. The second kappa shape index (κ2) is 10.4. The average Bonchev–Trinajstić information content (AvgIpc) is 3.12. The minimum Gasteiger partial charge on any atom is -0.374 e. The fraction of sp³-hybridized carbons (Fsp3) is 0.143. The predicted octanol–water partition coefficient (Wildman–Crippen LogP) is 6.78. The lowest BCUT2D eigenvalue weighted by Gasteiger charge is -2.23. The number of benzene rings is 3. The molecule has 34 heavy (non-hydrogen) atoms. The van der Waals surface area contributed by atoms with Crippen molar-refractivity contribution in [3.8, 4) is 0 Å². The average molecular weight is 470 g/mol. The molecule has 0 aliphatic heterocycles. The number of nitrogens with one attached hydrogen (secondary N) is 3. The van der Waals surface area contributed by atoms with Gasteiger partial charge in [-0.2, -0.15) is 0 Å². The Balaban J connectivity index is 1.71. The van der Waals surface area contributed by atoms with Gasteiger partial charge in [-0.25, -0.2) is 0 Å². The van der Waals surface area contributed by atoms with E-state index in [1.807, 2.05) is 72.8 Å². The van der Waals surface area contributed by atoms with Gasteiger partial charge in [0.1, 0.15) is 5.00 Å². The molecule has 0 saturated carbocycles. The van der Waals surface area contributed by atoms with Crippen molar-refractivity contribution in [2.75, 3.05) is 16.0 Å². The monoisotopic (exact) mass is 469 g/mol. The zero-order valence-electron chi connectivity index (χ0n) is 19.4. The lowest BCUT2D eigenvalue weighted by molar-refractivity contribution is -0.114. The third-order valence-electron chi connectivity index (χ3n) is 5.63. The molecule has 1 heterocycles. The highest BCUT2D eigenvalue weighted by Crippen LogP contribution is 2.41. The molecule has 1 atom stereocenters. The Morgan fingerprint density at radius 3 is 1.97 bits per heavy atom. The minimum absolute atomic E-state index is 0.106. The first kappa shape index (κ1) is 23.3. The summed E-state index contributed by atoms with van der Waals surface area (Å²) in [6, 6.07) is 26.9. The molecule has 172 valence electrons. The molecular weight excluding hydrogens is 442 g/mol. The van der Waals surface area contributed by atoms with Crippen molar-refractivity contribution in [3.05, 3.63) is 112 Å². The molecule has 0 saturated heterocycles. The van der Waals surface area contributed by atoms with E-state index in [-0.39, 0.29) is 17.9 Å². The quantitative estimate of drug-likeness (QED) is 0.279. The highest BCUT2D eigenvalue weighted by atomic mass is 32.1. The van der Waals surface area contributed by atoms with Gasteiger partial charge < -0.3 is 16.0 Å². The van der Waals surface area contributed by atoms with Crippen LogP contribution in [0.2, 0.25) is 0 Å². The number of rotatable bonds is 7. The topological polar surface area (TPSA) is 70.2 Å². The first-order chi connectivity index (χ1) is 16.4. The van der Waals surface area contributed by atoms with Crippen LogP contribution in [-0.2, 0) is 4.79 Å². The lowest BCUT2D eigenvalue weighted by Crippen LogP contribution is -2.17. The number of hydrogen-bond donors (Lipinski definition) is 3. The second-order valence-corrected chi connectivity index (χ2v) is 9.32. The molecule has 0 unspecified atom stereocenters. The molecule has 3 N–H and O–H groups in total. The SMILES string of the molecule is CC(=O)Nc1ccc(N[C@@H](c2ccccc2)c2c(NC(=O)c3ccccc3)sc(C)c2C)cc1. The highest BCUT2D eigenvalue weighted by molar-refractivity contribution is 7.16. The van der Waals surface area contributed by atoms with Crippen LogP contribution in [0.25, 0.3) is 0 Å². The molecule has 0 radical (unpaired) electrons. The van der Waals surface area contributed by atoms with Crippen LogP contribution in [0.5, 0.6) is 0 Å². The van der Waals surface area contributed by atoms with E-state index >= 15 is 0 Å². The molecule has 6 heteroatoms. The Morgan fingerprint density at radius 1 is 0.765 bits per heavy atom. The predicted molar refractivity (Wildman–Crippen MR) is 141 cm³/mol. The molecule has 2 amide bonds. The van der Waals surface area contributed by atoms with Crippen LogP contribution in [0.4, 0.5) is 16.4 Å². The van der Waals surface area contributed by atoms with Crippen LogP contribution in [0, 0.1) is 13.8 Å². The summed E-state index contributed by atoms with van der Waals surface area (Å²) in [5.41, 5.74) is 5.55.